The van der Waals surface area contributed by atoms with E-state index in [0.717, 1.165) is 17.2 Å². The van der Waals surface area contributed by atoms with Gasteiger partial charge in [-0.2, -0.15) is 0 Å². The Morgan fingerprint density at radius 1 is 0.706 bits per heavy atom. The van der Waals surface area contributed by atoms with Gasteiger partial charge in [0.05, 0.1) is 0 Å². The van der Waals surface area contributed by atoms with Crippen LogP contribution < -0.4 is 0 Å². The predicted molar refractivity (Wildman–Crippen MR) is 67.9 cm³/mol. The molecule has 2 aromatic carbocycles. The molecule has 0 atom stereocenters. The molecule has 0 aromatic heterocycles. The predicted octanol–water partition coefficient (Wildman–Crippen LogP) is 4.97. The summed E-state index contributed by atoms with van der Waals surface area (Å²) in [4.78, 5) is 0. The molecule has 0 aliphatic rings. The minimum atomic E-state index is -0.814. The van der Waals surface area contributed by atoms with Gasteiger partial charge in [0, 0.05) is 0 Å². The first-order chi connectivity index (χ1) is 8.16. The molecule has 90 valence electrons. The molecule has 0 saturated carbocycles. The fraction of sp³-hybridized carbons (Fsp3) is 0.200. The lowest BCUT2D eigenvalue weighted by atomic mass is 10.0. The van der Waals surface area contributed by atoms with Gasteiger partial charge in [-0.15, -0.1) is 0 Å². The fourth-order valence-corrected chi connectivity index (χ4v) is 1.42. The molecule has 2 aromatic rings. The highest BCUT2D eigenvalue weighted by molar-refractivity contribution is 5.63. The lowest BCUT2D eigenvalue weighted by molar-refractivity contribution is 0.509. The van der Waals surface area contributed by atoms with Crippen LogP contribution in [0, 0.1) is 18.6 Å². The molecule has 2 heteroatoms. The van der Waals surface area contributed by atoms with E-state index in [1.165, 1.54) is 6.07 Å². The second-order valence-electron chi connectivity index (χ2n) is 3.49. The quantitative estimate of drug-likeness (QED) is 0.653. The molecule has 0 bridgehead atoms. The van der Waals surface area contributed by atoms with Gasteiger partial charge in [-0.3, -0.25) is 0 Å². The van der Waals surface area contributed by atoms with Gasteiger partial charge in [-0.05, 0) is 30.2 Å². The summed E-state index contributed by atoms with van der Waals surface area (Å²) >= 11 is 0. The van der Waals surface area contributed by atoms with Gasteiger partial charge in [0.1, 0.15) is 0 Å². The van der Waals surface area contributed by atoms with Crippen molar-refractivity contribution in [1.29, 1.82) is 0 Å². The van der Waals surface area contributed by atoms with Gasteiger partial charge < -0.3 is 0 Å². The van der Waals surface area contributed by atoms with E-state index in [4.69, 9.17) is 0 Å². The standard InChI is InChI=1S/C13H10F2.C2H6/c1-9-2-4-10(5-3-9)11-6-7-12(14)13(15)8-11;1-2/h2-8H,1H3;1-2H3. The van der Waals surface area contributed by atoms with Crippen LogP contribution in [-0.2, 0) is 0 Å². The van der Waals surface area contributed by atoms with Crippen molar-refractivity contribution in [1.82, 2.24) is 0 Å². The lowest BCUT2D eigenvalue weighted by Crippen LogP contribution is -1.85. The summed E-state index contributed by atoms with van der Waals surface area (Å²) in [5.41, 5.74) is 2.72. The topological polar surface area (TPSA) is 0 Å². The summed E-state index contributed by atoms with van der Waals surface area (Å²) in [6.07, 6.45) is 0. The maximum Gasteiger partial charge on any atom is 0.159 e. The minimum Gasteiger partial charge on any atom is -0.204 e. The molecule has 0 N–H and O–H groups in total. The van der Waals surface area contributed by atoms with E-state index in [1.54, 1.807) is 6.07 Å². The molecule has 0 spiro atoms. The Labute approximate surface area is 101 Å². The Bertz CT molecular complexity index is 473. The van der Waals surface area contributed by atoms with Crippen LogP contribution in [0.2, 0.25) is 0 Å². The largest absolute Gasteiger partial charge is 0.204 e. The Balaban J connectivity index is 0.000000686. The van der Waals surface area contributed by atoms with Crippen molar-refractivity contribution in [2.75, 3.05) is 0 Å². The highest BCUT2D eigenvalue weighted by Crippen LogP contribution is 2.21. The van der Waals surface area contributed by atoms with Crippen molar-refractivity contribution < 1.29 is 8.78 Å². The first-order valence-electron chi connectivity index (χ1n) is 5.69. The molecule has 0 aliphatic heterocycles. The van der Waals surface area contributed by atoms with Crippen LogP contribution in [0.3, 0.4) is 0 Å². The first-order valence-corrected chi connectivity index (χ1v) is 5.69. The summed E-state index contributed by atoms with van der Waals surface area (Å²) in [5, 5.41) is 0. The van der Waals surface area contributed by atoms with E-state index in [2.05, 4.69) is 0 Å². The summed E-state index contributed by atoms with van der Waals surface area (Å²) in [6, 6.07) is 11.6. The zero-order valence-electron chi connectivity index (χ0n) is 10.3. The minimum absolute atomic E-state index is 0.689. The second kappa shape index (κ2) is 6.14. The van der Waals surface area contributed by atoms with Crippen LogP contribution in [0.15, 0.2) is 42.5 Å². The first kappa shape index (κ1) is 13.4. The average molecular weight is 234 g/mol. The SMILES string of the molecule is CC.Cc1ccc(-c2ccc(F)c(F)c2)cc1. The van der Waals surface area contributed by atoms with Crippen LogP contribution in [-0.4, -0.2) is 0 Å². The zero-order valence-corrected chi connectivity index (χ0v) is 10.3. The summed E-state index contributed by atoms with van der Waals surface area (Å²) in [6.45, 7) is 5.98. The summed E-state index contributed by atoms with van der Waals surface area (Å²) < 4.78 is 25.7. The van der Waals surface area contributed by atoms with Gasteiger partial charge in [0.25, 0.3) is 0 Å². The number of hydrogen-bond donors (Lipinski definition) is 0. The van der Waals surface area contributed by atoms with E-state index in [9.17, 15) is 8.78 Å². The monoisotopic (exact) mass is 234 g/mol. The lowest BCUT2D eigenvalue weighted by Gasteiger charge is -2.02. The smallest absolute Gasteiger partial charge is 0.159 e. The highest BCUT2D eigenvalue weighted by Gasteiger charge is 2.03. The number of rotatable bonds is 1. The Hall–Kier alpha value is -1.70. The van der Waals surface area contributed by atoms with Crippen molar-refractivity contribution in [2.24, 2.45) is 0 Å². The van der Waals surface area contributed by atoms with E-state index in [-0.39, 0.29) is 0 Å². The number of benzene rings is 2. The summed E-state index contributed by atoms with van der Waals surface area (Å²) in [5.74, 6) is -1.63. The molecule has 2 rings (SSSR count). The maximum atomic E-state index is 13.0. The third-order valence-electron chi connectivity index (χ3n) is 2.30. The highest BCUT2D eigenvalue weighted by atomic mass is 19.2. The molecule has 0 unspecified atom stereocenters. The average Bonchev–Trinajstić information content (AvgIpc) is 2.36. The second-order valence-corrected chi connectivity index (χ2v) is 3.49. The van der Waals surface area contributed by atoms with Gasteiger partial charge in [-0.1, -0.05) is 49.7 Å². The zero-order chi connectivity index (χ0) is 12.8. The molecule has 17 heavy (non-hydrogen) atoms. The molecular formula is C15H16F2. The summed E-state index contributed by atoms with van der Waals surface area (Å²) in [7, 11) is 0. The van der Waals surface area contributed by atoms with Crippen molar-refractivity contribution >= 4 is 0 Å². The number of hydrogen-bond acceptors (Lipinski definition) is 0. The molecule has 0 aliphatic carbocycles. The van der Waals surface area contributed by atoms with E-state index < -0.39 is 11.6 Å². The Morgan fingerprint density at radius 2 is 1.24 bits per heavy atom. The molecular weight excluding hydrogens is 218 g/mol. The molecule has 0 radical (unpaired) electrons. The van der Waals surface area contributed by atoms with Crippen LogP contribution in [0.5, 0.6) is 0 Å². The fourth-order valence-electron chi connectivity index (χ4n) is 1.42. The number of aryl methyl sites for hydroxylation is 1. The van der Waals surface area contributed by atoms with Gasteiger partial charge in [0.2, 0.25) is 0 Å². The third-order valence-corrected chi connectivity index (χ3v) is 2.30. The Kier molecular flexibility index (Phi) is 4.83. The third kappa shape index (κ3) is 3.38. The maximum absolute atomic E-state index is 13.0. The molecule has 0 saturated heterocycles. The van der Waals surface area contributed by atoms with Crippen molar-refractivity contribution in [3.63, 3.8) is 0 Å². The van der Waals surface area contributed by atoms with Crippen molar-refractivity contribution in [2.45, 2.75) is 20.8 Å². The van der Waals surface area contributed by atoms with Gasteiger partial charge in [0.15, 0.2) is 11.6 Å². The van der Waals surface area contributed by atoms with Crippen LogP contribution in [0.1, 0.15) is 19.4 Å². The Morgan fingerprint density at radius 3 is 1.76 bits per heavy atom. The van der Waals surface area contributed by atoms with E-state index in [0.29, 0.717) is 5.56 Å². The van der Waals surface area contributed by atoms with Crippen LogP contribution in [0.4, 0.5) is 8.78 Å². The van der Waals surface area contributed by atoms with Crippen molar-refractivity contribution in [3.8, 4) is 11.1 Å². The molecule has 0 amide bonds. The molecule has 0 fully saturated rings. The molecule has 0 heterocycles. The van der Waals surface area contributed by atoms with Crippen molar-refractivity contribution in [3.05, 3.63) is 59.7 Å². The molecule has 0 nitrogen and oxygen atoms in total. The number of halogens is 2. The van der Waals surface area contributed by atoms with Gasteiger partial charge in [-0.25, -0.2) is 8.78 Å². The van der Waals surface area contributed by atoms with Crippen LogP contribution in [0.25, 0.3) is 11.1 Å². The van der Waals surface area contributed by atoms with E-state index >= 15 is 0 Å². The normalized spacial score (nSPS) is 9.47. The van der Waals surface area contributed by atoms with Crippen LogP contribution >= 0.6 is 0 Å². The van der Waals surface area contributed by atoms with Gasteiger partial charge >= 0.3 is 0 Å². The van der Waals surface area contributed by atoms with E-state index in [1.807, 2.05) is 45.0 Å².